The second-order valence-corrected chi connectivity index (χ2v) is 6.75. The number of amides is 1. The summed E-state index contributed by atoms with van der Waals surface area (Å²) < 4.78 is 11.1. The summed E-state index contributed by atoms with van der Waals surface area (Å²) in [6, 6.07) is 23.8. The summed E-state index contributed by atoms with van der Waals surface area (Å²) in [6.07, 6.45) is 0. The molecule has 1 amide bonds. The number of rotatable bonds is 5. The van der Waals surface area contributed by atoms with E-state index in [0.29, 0.717) is 44.8 Å². The lowest BCUT2D eigenvalue weighted by Crippen LogP contribution is -2.13. The van der Waals surface area contributed by atoms with E-state index in [1.54, 1.807) is 31.2 Å². The Kier molecular flexibility index (Phi) is 5.31. The SMILES string of the molecule is Cc1onc(-c2ccccc2Cl)c1C(=O)Nc1cccc(Oc2ccccc2)c1. The quantitative estimate of drug-likeness (QED) is 0.421. The van der Waals surface area contributed by atoms with Crippen molar-refractivity contribution in [1.29, 1.82) is 0 Å². The minimum Gasteiger partial charge on any atom is -0.457 e. The summed E-state index contributed by atoms with van der Waals surface area (Å²) in [7, 11) is 0. The van der Waals surface area contributed by atoms with Gasteiger partial charge in [0.2, 0.25) is 0 Å². The Morgan fingerprint density at radius 3 is 2.48 bits per heavy atom. The summed E-state index contributed by atoms with van der Waals surface area (Å²) in [5.74, 6) is 1.40. The van der Waals surface area contributed by atoms with Gasteiger partial charge in [0.05, 0.1) is 5.02 Å². The number of hydrogen-bond donors (Lipinski definition) is 1. The molecule has 4 rings (SSSR count). The molecular formula is C23H17ClN2O3. The first-order chi connectivity index (χ1) is 14.1. The van der Waals surface area contributed by atoms with Crippen molar-refractivity contribution in [1.82, 2.24) is 5.16 Å². The Bertz CT molecular complexity index is 1160. The Hall–Kier alpha value is -3.57. The fourth-order valence-corrected chi connectivity index (χ4v) is 3.16. The van der Waals surface area contributed by atoms with Crippen LogP contribution < -0.4 is 10.1 Å². The fourth-order valence-electron chi connectivity index (χ4n) is 2.93. The summed E-state index contributed by atoms with van der Waals surface area (Å²) >= 11 is 6.27. The predicted octanol–water partition coefficient (Wildman–Crippen LogP) is 6.35. The molecule has 6 heteroatoms. The van der Waals surface area contributed by atoms with Gasteiger partial charge in [-0.2, -0.15) is 0 Å². The lowest BCUT2D eigenvalue weighted by atomic mass is 10.1. The van der Waals surface area contributed by atoms with E-state index in [-0.39, 0.29) is 5.91 Å². The highest BCUT2D eigenvalue weighted by molar-refractivity contribution is 6.33. The highest BCUT2D eigenvalue weighted by Gasteiger charge is 2.23. The van der Waals surface area contributed by atoms with Crippen molar-refractivity contribution in [3.8, 4) is 22.8 Å². The van der Waals surface area contributed by atoms with Crippen LogP contribution in [-0.2, 0) is 0 Å². The Morgan fingerprint density at radius 2 is 1.69 bits per heavy atom. The van der Waals surface area contributed by atoms with Crippen molar-refractivity contribution in [3.05, 3.63) is 95.2 Å². The minimum absolute atomic E-state index is 0.337. The van der Waals surface area contributed by atoms with Crippen LogP contribution >= 0.6 is 11.6 Å². The molecule has 0 saturated carbocycles. The number of para-hydroxylation sites is 1. The van der Waals surface area contributed by atoms with Crippen LogP contribution in [-0.4, -0.2) is 11.1 Å². The molecule has 0 fully saturated rings. The molecule has 0 radical (unpaired) electrons. The van der Waals surface area contributed by atoms with Crippen molar-refractivity contribution in [2.45, 2.75) is 6.92 Å². The molecule has 0 aliphatic heterocycles. The van der Waals surface area contributed by atoms with Gasteiger partial charge in [0.25, 0.3) is 5.91 Å². The highest BCUT2D eigenvalue weighted by Crippen LogP contribution is 2.32. The molecule has 0 saturated heterocycles. The van der Waals surface area contributed by atoms with Crippen LogP contribution in [0.4, 0.5) is 5.69 Å². The van der Waals surface area contributed by atoms with Crippen molar-refractivity contribution in [2.75, 3.05) is 5.32 Å². The maximum Gasteiger partial charge on any atom is 0.261 e. The normalized spacial score (nSPS) is 10.6. The molecule has 1 aromatic heterocycles. The molecule has 0 aliphatic carbocycles. The van der Waals surface area contributed by atoms with Gasteiger partial charge < -0.3 is 14.6 Å². The summed E-state index contributed by atoms with van der Waals surface area (Å²) in [5, 5.41) is 7.41. The number of anilines is 1. The van der Waals surface area contributed by atoms with Crippen LogP contribution in [0, 0.1) is 6.92 Å². The predicted molar refractivity (Wildman–Crippen MR) is 113 cm³/mol. The summed E-state index contributed by atoms with van der Waals surface area (Å²) in [4.78, 5) is 13.0. The van der Waals surface area contributed by atoms with Crippen LogP contribution in [0.5, 0.6) is 11.5 Å². The van der Waals surface area contributed by atoms with Gasteiger partial charge in [-0.3, -0.25) is 4.79 Å². The van der Waals surface area contributed by atoms with Gasteiger partial charge >= 0.3 is 0 Å². The first kappa shape index (κ1) is 18.8. The number of ether oxygens (including phenoxy) is 1. The van der Waals surface area contributed by atoms with Crippen LogP contribution in [0.25, 0.3) is 11.3 Å². The molecule has 5 nitrogen and oxygen atoms in total. The van der Waals surface area contributed by atoms with Crippen LogP contribution in [0.2, 0.25) is 5.02 Å². The van der Waals surface area contributed by atoms with E-state index in [1.807, 2.05) is 54.6 Å². The van der Waals surface area contributed by atoms with Crippen molar-refractivity contribution in [3.63, 3.8) is 0 Å². The van der Waals surface area contributed by atoms with E-state index in [0.717, 1.165) is 0 Å². The molecule has 0 atom stereocenters. The average molecular weight is 405 g/mol. The molecule has 0 spiro atoms. The topological polar surface area (TPSA) is 64.4 Å². The van der Waals surface area contributed by atoms with E-state index >= 15 is 0 Å². The first-order valence-corrected chi connectivity index (χ1v) is 9.35. The van der Waals surface area contributed by atoms with Crippen molar-refractivity contribution >= 4 is 23.2 Å². The lowest BCUT2D eigenvalue weighted by molar-refractivity contribution is 0.102. The van der Waals surface area contributed by atoms with E-state index < -0.39 is 0 Å². The number of carbonyl (C=O) groups excluding carboxylic acids is 1. The van der Waals surface area contributed by atoms with Crippen LogP contribution in [0.3, 0.4) is 0 Å². The molecule has 4 aromatic rings. The molecule has 1 N–H and O–H groups in total. The molecule has 3 aromatic carbocycles. The number of carbonyl (C=O) groups is 1. The second-order valence-electron chi connectivity index (χ2n) is 6.34. The maximum atomic E-state index is 13.0. The van der Waals surface area contributed by atoms with E-state index in [9.17, 15) is 4.79 Å². The third-order valence-electron chi connectivity index (χ3n) is 4.29. The van der Waals surface area contributed by atoms with E-state index in [1.165, 1.54) is 0 Å². The minimum atomic E-state index is -0.337. The number of halogens is 1. The van der Waals surface area contributed by atoms with Gasteiger partial charge in [0.1, 0.15) is 28.5 Å². The second kappa shape index (κ2) is 8.20. The maximum absolute atomic E-state index is 13.0. The summed E-state index contributed by atoms with van der Waals surface area (Å²) in [6.45, 7) is 1.69. The van der Waals surface area contributed by atoms with E-state index in [2.05, 4.69) is 10.5 Å². The van der Waals surface area contributed by atoms with Crippen molar-refractivity contribution < 1.29 is 14.1 Å². The number of aryl methyl sites for hydroxylation is 1. The average Bonchev–Trinajstić information content (AvgIpc) is 3.11. The Balaban J connectivity index is 1.59. The zero-order valence-corrected chi connectivity index (χ0v) is 16.3. The highest BCUT2D eigenvalue weighted by atomic mass is 35.5. The first-order valence-electron chi connectivity index (χ1n) is 8.97. The number of hydrogen-bond acceptors (Lipinski definition) is 4. The largest absolute Gasteiger partial charge is 0.457 e. The van der Waals surface area contributed by atoms with Gasteiger partial charge in [0.15, 0.2) is 0 Å². The smallest absolute Gasteiger partial charge is 0.261 e. The zero-order chi connectivity index (χ0) is 20.2. The van der Waals surface area contributed by atoms with Gasteiger partial charge in [0, 0.05) is 17.3 Å². The molecule has 29 heavy (non-hydrogen) atoms. The lowest BCUT2D eigenvalue weighted by Gasteiger charge is -2.09. The zero-order valence-electron chi connectivity index (χ0n) is 15.6. The van der Waals surface area contributed by atoms with Crippen LogP contribution in [0.15, 0.2) is 83.4 Å². The van der Waals surface area contributed by atoms with Gasteiger partial charge in [-0.1, -0.05) is 59.2 Å². The fraction of sp³-hybridized carbons (Fsp3) is 0.0435. The Labute approximate surface area is 172 Å². The molecule has 0 bridgehead atoms. The Morgan fingerprint density at radius 1 is 0.966 bits per heavy atom. The van der Waals surface area contributed by atoms with Crippen LogP contribution in [0.1, 0.15) is 16.1 Å². The summed E-state index contributed by atoms with van der Waals surface area (Å²) in [5.41, 5.74) is 1.97. The third-order valence-corrected chi connectivity index (χ3v) is 4.62. The third kappa shape index (κ3) is 4.15. The van der Waals surface area contributed by atoms with Gasteiger partial charge in [-0.15, -0.1) is 0 Å². The number of nitrogens with one attached hydrogen (secondary N) is 1. The number of benzene rings is 3. The van der Waals surface area contributed by atoms with E-state index in [4.69, 9.17) is 20.9 Å². The monoisotopic (exact) mass is 404 g/mol. The number of nitrogens with zero attached hydrogens (tertiary/aromatic N) is 1. The molecule has 0 unspecified atom stereocenters. The number of aromatic nitrogens is 1. The molecule has 144 valence electrons. The molecular weight excluding hydrogens is 388 g/mol. The molecule has 0 aliphatic rings. The van der Waals surface area contributed by atoms with Gasteiger partial charge in [-0.25, -0.2) is 0 Å². The van der Waals surface area contributed by atoms with Crippen molar-refractivity contribution in [2.24, 2.45) is 0 Å². The standard InChI is InChI=1S/C23H17ClN2O3/c1-15-21(22(26-29-15)19-12-5-6-13-20(19)24)23(27)25-16-8-7-11-18(14-16)28-17-9-3-2-4-10-17/h2-14H,1H3,(H,25,27). The van der Waals surface area contributed by atoms with Gasteiger partial charge in [-0.05, 0) is 37.3 Å². The molecule has 1 heterocycles.